The summed E-state index contributed by atoms with van der Waals surface area (Å²) in [7, 11) is -3.62. The molecule has 98 valence electrons. The zero-order chi connectivity index (χ0) is 13.9. The Labute approximate surface area is 116 Å². The van der Waals surface area contributed by atoms with E-state index in [0.717, 1.165) is 11.3 Å². The van der Waals surface area contributed by atoms with Crippen LogP contribution in [-0.2, 0) is 16.4 Å². The maximum absolute atomic E-state index is 12.2. The molecule has 1 aromatic carbocycles. The van der Waals surface area contributed by atoms with Crippen molar-refractivity contribution in [1.82, 2.24) is 0 Å². The average Bonchev–Trinajstić information content (AvgIpc) is 2.88. The van der Waals surface area contributed by atoms with Crippen molar-refractivity contribution in [3.63, 3.8) is 0 Å². The molecule has 19 heavy (non-hydrogen) atoms. The Morgan fingerprint density at radius 3 is 2.63 bits per heavy atom. The van der Waals surface area contributed by atoms with Crippen molar-refractivity contribution in [3.05, 3.63) is 46.8 Å². The van der Waals surface area contributed by atoms with Crippen molar-refractivity contribution < 1.29 is 8.42 Å². The van der Waals surface area contributed by atoms with Crippen molar-refractivity contribution in [2.24, 2.45) is 0 Å². The summed E-state index contributed by atoms with van der Waals surface area (Å²) in [5.74, 6) is 0. The van der Waals surface area contributed by atoms with Crippen LogP contribution in [0.15, 0.2) is 40.6 Å². The highest BCUT2D eigenvalue weighted by Gasteiger charge is 2.17. The topological polar surface area (TPSA) is 70.0 Å². The van der Waals surface area contributed by atoms with E-state index in [4.69, 9.17) is 5.26 Å². The number of rotatable bonds is 4. The smallest absolute Gasteiger partial charge is 0.271 e. The van der Waals surface area contributed by atoms with Crippen LogP contribution >= 0.6 is 11.3 Å². The molecule has 1 aromatic heterocycles. The molecular weight excluding hydrogens is 280 g/mol. The van der Waals surface area contributed by atoms with Gasteiger partial charge in [-0.1, -0.05) is 19.1 Å². The number of para-hydroxylation sites is 1. The van der Waals surface area contributed by atoms with Crippen LogP contribution in [0.25, 0.3) is 0 Å². The van der Waals surface area contributed by atoms with Crippen LogP contribution in [0.5, 0.6) is 0 Å². The molecule has 6 heteroatoms. The summed E-state index contributed by atoms with van der Waals surface area (Å²) in [4.78, 5) is 1.01. The molecule has 4 nitrogen and oxygen atoms in total. The van der Waals surface area contributed by atoms with Gasteiger partial charge in [0.25, 0.3) is 10.0 Å². The van der Waals surface area contributed by atoms with E-state index < -0.39 is 10.0 Å². The molecule has 0 spiro atoms. The third-order valence-corrected chi connectivity index (χ3v) is 5.63. The predicted octanol–water partition coefficient (Wildman–Crippen LogP) is 2.98. The second kappa shape index (κ2) is 5.43. The van der Waals surface area contributed by atoms with E-state index in [0.29, 0.717) is 11.3 Å². The third kappa shape index (κ3) is 2.95. The van der Waals surface area contributed by atoms with Gasteiger partial charge < -0.3 is 0 Å². The molecule has 0 unspecified atom stereocenters. The molecule has 0 aliphatic carbocycles. The zero-order valence-corrected chi connectivity index (χ0v) is 11.9. The van der Waals surface area contributed by atoms with Crippen LogP contribution in [0.1, 0.15) is 17.4 Å². The minimum absolute atomic E-state index is 0.261. The quantitative estimate of drug-likeness (QED) is 0.941. The lowest BCUT2D eigenvalue weighted by molar-refractivity contribution is 0.603. The number of hydrogen-bond donors (Lipinski definition) is 1. The van der Waals surface area contributed by atoms with E-state index in [1.54, 1.807) is 36.4 Å². The van der Waals surface area contributed by atoms with Crippen molar-refractivity contribution in [2.75, 3.05) is 4.72 Å². The van der Waals surface area contributed by atoms with E-state index in [9.17, 15) is 8.42 Å². The summed E-state index contributed by atoms with van der Waals surface area (Å²) in [6, 6.07) is 11.9. The van der Waals surface area contributed by atoms with Crippen LogP contribution in [0.3, 0.4) is 0 Å². The summed E-state index contributed by atoms with van der Waals surface area (Å²) in [6.45, 7) is 1.97. The van der Waals surface area contributed by atoms with Crippen LogP contribution in [0, 0.1) is 11.3 Å². The lowest BCUT2D eigenvalue weighted by Crippen LogP contribution is -2.12. The molecule has 0 amide bonds. The molecule has 1 heterocycles. The van der Waals surface area contributed by atoms with Gasteiger partial charge in [0.1, 0.15) is 10.3 Å². The highest BCUT2D eigenvalue weighted by molar-refractivity contribution is 7.94. The van der Waals surface area contributed by atoms with Crippen molar-refractivity contribution in [2.45, 2.75) is 17.6 Å². The molecule has 0 saturated carbocycles. The Hall–Kier alpha value is -1.84. The van der Waals surface area contributed by atoms with Crippen molar-refractivity contribution >= 4 is 27.0 Å². The Kier molecular flexibility index (Phi) is 3.88. The summed E-state index contributed by atoms with van der Waals surface area (Å²) in [6.07, 6.45) is 0.801. The molecule has 0 bridgehead atoms. The maximum Gasteiger partial charge on any atom is 0.271 e. The van der Waals surface area contributed by atoms with Gasteiger partial charge in [0.05, 0.1) is 11.3 Å². The first-order valence-corrected chi connectivity index (χ1v) is 7.97. The van der Waals surface area contributed by atoms with Gasteiger partial charge in [0.2, 0.25) is 0 Å². The number of nitriles is 1. The Morgan fingerprint density at radius 2 is 2.00 bits per heavy atom. The van der Waals surface area contributed by atoms with Gasteiger partial charge >= 0.3 is 0 Å². The van der Waals surface area contributed by atoms with Gasteiger partial charge in [-0.15, -0.1) is 11.3 Å². The summed E-state index contributed by atoms with van der Waals surface area (Å²) >= 11 is 1.24. The first kappa shape index (κ1) is 13.6. The second-order valence-corrected chi connectivity index (χ2v) is 6.91. The van der Waals surface area contributed by atoms with Gasteiger partial charge in [-0.25, -0.2) is 8.42 Å². The number of sulfonamides is 1. The van der Waals surface area contributed by atoms with Gasteiger partial charge in [0, 0.05) is 4.88 Å². The summed E-state index contributed by atoms with van der Waals surface area (Å²) < 4.78 is 27.1. The molecule has 0 aliphatic heterocycles. The van der Waals surface area contributed by atoms with Crippen molar-refractivity contribution in [1.29, 1.82) is 5.26 Å². The fourth-order valence-corrected chi connectivity index (χ4v) is 3.93. The standard InChI is InChI=1S/C13H12N2O2S2/c1-2-11-7-8-13(18-11)19(16,17)15-12-6-4-3-5-10(12)9-14/h3-8,15H,2H2,1H3. The third-order valence-electron chi connectivity index (χ3n) is 2.54. The monoisotopic (exact) mass is 292 g/mol. The summed E-state index contributed by atoms with van der Waals surface area (Å²) in [5.41, 5.74) is 0.606. The molecule has 1 N–H and O–H groups in total. The molecule has 2 rings (SSSR count). The summed E-state index contributed by atoms with van der Waals surface area (Å²) in [5, 5.41) is 8.95. The minimum atomic E-state index is -3.62. The number of benzene rings is 1. The van der Waals surface area contributed by atoms with Crippen LogP contribution in [0.2, 0.25) is 0 Å². The molecule has 0 aliphatic rings. The number of nitrogens with one attached hydrogen (secondary N) is 1. The Bertz CT molecular complexity index is 727. The second-order valence-electron chi connectivity index (χ2n) is 3.84. The van der Waals surface area contributed by atoms with E-state index in [-0.39, 0.29) is 4.21 Å². The lowest BCUT2D eigenvalue weighted by atomic mass is 10.2. The average molecular weight is 292 g/mol. The number of anilines is 1. The number of hydrogen-bond acceptors (Lipinski definition) is 4. The zero-order valence-electron chi connectivity index (χ0n) is 10.3. The van der Waals surface area contributed by atoms with E-state index in [1.807, 2.05) is 13.0 Å². The fourth-order valence-electron chi connectivity index (χ4n) is 1.56. The van der Waals surface area contributed by atoms with Gasteiger partial charge in [-0.3, -0.25) is 4.72 Å². The fraction of sp³-hybridized carbons (Fsp3) is 0.154. The minimum Gasteiger partial charge on any atom is -0.278 e. The maximum atomic E-state index is 12.2. The molecule has 0 saturated heterocycles. The van der Waals surface area contributed by atoms with E-state index in [2.05, 4.69) is 4.72 Å². The Morgan fingerprint density at radius 1 is 1.26 bits per heavy atom. The molecule has 2 aromatic rings. The number of nitrogens with zero attached hydrogens (tertiary/aromatic N) is 1. The lowest BCUT2D eigenvalue weighted by Gasteiger charge is -2.07. The predicted molar refractivity (Wildman–Crippen MR) is 75.7 cm³/mol. The highest BCUT2D eigenvalue weighted by Crippen LogP contribution is 2.25. The highest BCUT2D eigenvalue weighted by atomic mass is 32.2. The van der Waals surface area contributed by atoms with Gasteiger partial charge in [-0.05, 0) is 30.7 Å². The number of aryl methyl sites for hydroxylation is 1. The molecule has 0 fully saturated rings. The number of thiophene rings is 1. The van der Waals surface area contributed by atoms with Crippen LogP contribution in [-0.4, -0.2) is 8.42 Å². The SMILES string of the molecule is CCc1ccc(S(=O)(=O)Nc2ccccc2C#N)s1. The normalized spacial score (nSPS) is 10.9. The first-order chi connectivity index (χ1) is 9.06. The first-order valence-electron chi connectivity index (χ1n) is 5.67. The van der Waals surface area contributed by atoms with Crippen molar-refractivity contribution in [3.8, 4) is 6.07 Å². The van der Waals surface area contributed by atoms with Gasteiger partial charge in [-0.2, -0.15) is 5.26 Å². The van der Waals surface area contributed by atoms with Crippen LogP contribution < -0.4 is 4.72 Å². The van der Waals surface area contributed by atoms with E-state index >= 15 is 0 Å². The molecule has 0 radical (unpaired) electrons. The Balaban J connectivity index is 2.34. The van der Waals surface area contributed by atoms with Gasteiger partial charge in [0.15, 0.2) is 0 Å². The molecule has 0 atom stereocenters. The van der Waals surface area contributed by atoms with Crippen LogP contribution in [0.4, 0.5) is 5.69 Å². The van der Waals surface area contributed by atoms with E-state index in [1.165, 1.54) is 11.3 Å². The largest absolute Gasteiger partial charge is 0.278 e. The molecular formula is C13H12N2O2S2.